The minimum Gasteiger partial charge on any atom is -0.352 e. The predicted octanol–water partition coefficient (Wildman–Crippen LogP) is 1.67. The summed E-state index contributed by atoms with van der Waals surface area (Å²) in [6.07, 6.45) is 1.16. The van der Waals surface area contributed by atoms with Gasteiger partial charge in [-0.2, -0.15) is 0 Å². The fraction of sp³-hybridized carbons (Fsp3) is 0.286. The molecule has 100 valence electrons. The third-order valence-electron chi connectivity index (χ3n) is 2.97. The zero-order valence-corrected chi connectivity index (χ0v) is 10.9. The Bertz CT molecular complexity index is 594. The summed E-state index contributed by atoms with van der Waals surface area (Å²) >= 11 is 0. The summed E-state index contributed by atoms with van der Waals surface area (Å²) in [6.45, 7) is -0.0265. The van der Waals surface area contributed by atoms with Crippen LogP contribution >= 0.6 is 0 Å². The van der Waals surface area contributed by atoms with Crippen molar-refractivity contribution < 1.29 is 14.3 Å². The van der Waals surface area contributed by atoms with Gasteiger partial charge in [0.05, 0.1) is 12.1 Å². The molecule has 2 N–H and O–H groups in total. The first kappa shape index (κ1) is 13.6. The van der Waals surface area contributed by atoms with E-state index in [0.29, 0.717) is 11.1 Å². The number of hydrogen-bond acceptors (Lipinski definition) is 5. The van der Waals surface area contributed by atoms with E-state index in [2.05, 4.69) is 4.98 Å². The van der Waals surface area contributed by atoms with Gasteiger partial charge in [-0.05, 0) is 6.07 Å². The summed E-state index contributed by atoms with van der Waals surface area (Å²) in [4.78, 5) is 16.2. The molecule has 1 aromatic carbocycles. The van der Waals surface area contributed by atoms with Crippen LogP contribution < -0.4 is 5.73 Å². The molecule has 0 saturated heterocycles. The van der Waals surface area contributed by atoms with Crippen molar-refractivity contribution in [3.05, 3.63) is 41.6 Å². The first-order valence-electron chi connectivity index (χ1n) is 5.89. The molecule has 2 rings (SSSR count). The van der Waals surface area contributed by atoms with Gasteiger partial charge in [-0.1, -0.05) is 18.2 Å². The van der Waals surface area contributed by atoms with Crippen molar-refractivity contribution in [2.24, 2.45) is 5.73 Å². The highest BCUT2D eigenvalue weighted by Crippen LogP contribution is 2.27. The SMILES string of the molecule is COC(OC)c1ccc(C(=O)CN)c2cccnc12. The molecule has 0 spiro atoms. The number of ether oxygens (including phenoxy) is 2. The van der Waals surface area contributed by atoms with Gasteiger partial charge in [-0.3, -0.25) is 9.78 Å². The Morgan fingerprint density at radius 2 is 2.05 bits per heavy atom. The number of carbonyl (C=O) groups is 1. The smallest absolute Gasteiger partial charge is 0.185 e. The minimum absolute atomic E-state index is 0.0265. The number of methoxy groups -OCH3 is 2. The highest BCUT2D eigenvalue weighted by molar-refractivity contribution is 6.08. The van der Waals surface area contributed by atoms with E-state index in [1.54, 1.807) is 38.6 Å². The molecule has 19 heavy (non-hydrogen) atoms. The van der Waals surface area contributed by atoms with E-state index in [-0.39, 0.29) is 12.3 Å². The van der Waals surface area contributed by atoms with Crippen LogP contribution in [0.15, 0.2) is 30.5 Å². The molecule has 2 aromatic rings. The third kappa shape index (κ3) is 2.49. The molecule has 0 aliphatic heterocycles. The minimum atomic E-state index is -0.514. The second-order valence-corrected chi connectivity index (χ2v) is 4.03. The second-order valence-electron chi connectivity index (χ2n) is 4.03. The quantitative estimate of drug-likeness (QED) is 0.653. The van der Waals surface area contributed by atoms with Crippen LogP contribution in [0, 0.1) is 0 Å². The van der Waals surface area contributed by atoms with Gasteiger partial charge < -0.3 is 15.2 Å². The molecule has 5 heteroatoms. The Morgan fingerprint density at radius 3 is 2.68 bits per heavy atom. The van der Waals surface area contributed by atoms with Crippen molar-refractivity contribution in [3.63, 3.8) is 0 Å². The van der Waals surface area contributed by atoms with Crippen LogP contribution in [0.2, 0.25) is 0 Å². The van der Waals surface area contributed by atoms with Crippen molar-refractivity contribution in [1.29, 1.82) is 0 Å². The molecule has 0 unspecified atom stereocenters. The molecule has 0 saturated carbocycles. The van der Waals surface area contributed by atoms with E-state index >= 15 is 0 Å². The maximum absolute atomic E-state index is 11.8. The number of Topliss-reactive ketones (excluding diaryl/α,β-unsaturated/α-hetero) is 1. The van der Waals surface area contributed by atoms with E-state index in [9.17, 15) is 4.79 Å². The van der Waals surface area contributed by atoms with Crippen LogP contribution in [0.3, 0.4) is 0 Å². The average Bonchev–Trinajstić information content (AvgIpc) is 2.47. The molecular formula is C14H16N2O3. The van der Waals surface area contributed by atoms with Gasteiger partial charge in [0.15, 0.2) is 12.1 Å². The lowest BCUT2D eigenvalue weighted by Crippen LogP contribution is -2.15. The number of rotatable bonds is 5. The van der Waals surface area contributed by atoms with E-state index in [1.807, 2.05) is 6.07 Å². The first-order valence-corrected chi connectivity index (χ1v) is 5.89. The summed E-state index contributed by atoms with van der Waals surface area (Å²) in [5.41, 5.74) is 7.47. The van der Waals surface area contributed by atoms with Crippen molar-refractivity contribution >= 4 is 16.7 Å². The molecule has 1 heterocycles. The lowest BCUT2D eigenvalue weighted by Gasteiger charge is -2.16. The summed E-state index contributed by atoms with van der Waals surface area (Å²) in [5.74, 6) is -0.115. The number of nitrogens with two attached hydrogens (primary N) is 1. The second kappa shape index (κ2) is 5.88. The van der Waals surface area contributed by atoms with Crippen molar-refractivity contribution in [2.45, 2.75) is 6.29 Å². The van der Waals surface area contributed by atoms with Crippen molar-refractivity contribution in [3.8, 4) is 0 Å². The Labute approximate surface area is 111 Å². The lowest BCUT2D eigenvalue weighted by atomic mass is 10.0. The van der Waals surface area contributed by atoms with E-state index < -0.39 is 6.29 Å². The van der Waals surface area contributed by atoms with Crippen LogP contribution in [-0.2, 0) is 9.47 Å². The van der Waals surface area contributed by atoms with Gasteiger partial charge in [0.1, 0.15) is 0 Å². The standard InChI is InChI=1S/C14H16N2O3/c1-18-14(19-2)11-6-5-9(12(17)8-15)10-4-3-7-16-13(10)11/h3-7,14H,8,15H2,1-2H3. The maximum atomic E-state index is 11.8. The monoisotopic (exact) mass is 260 g/mol. The molecule has 0 aliphatic carbocycles. The number of carbonyl (C=O) groups excluding carboxylic acids is 1. The number of ketones is 1. The van der Waals surface area contributed by atoms with E-state index in [4.69, 9.17) is 15.2 Å². The Morgan fingerprint density at radius 1 is 1.32 bits per heavy atom. The normalized spacial score (nSPS) is 11.2. The molecular weight excluding hydrogens is 244 g/mol. The van der Waals surface area contributed by atoms with E-state index in [1.165, 1.54) is 0 Å². The number of nitrogens with zero attached hydrogens (tertiary/aromatic N) is 1. The fourth-order valence-electron chi connectivity index (χ4n) is 2.09. The third-order valence-corrected chi connectivity index (χ3v) is 2.97. The molecule has 0 amide bonds. The molecule has 0 atom stereocenters. The molecule has 1 aromatic heterocycles. The molecule has 5 nitrogen and oxygen atoms in total. The molecule has 0 bridgehead atoms. The van der Waals surface area contributed by atoms with Crippen molar-refractivity contribution in [2.75, 3.05) is 20.8 Å². The van der Waals surface area contributed by atoms with Crippen LogP contribution in [0.25, 0.3) is 10.9 Å². The number of hydrogen-bond donors (Lipinski definition) is 1. The highest BCUT2D eigenvalue weighted by atomic mass is 16.7. The zero-order chi connectivity index (χ0) is 13.8. The van der Waals surface area contributed by atoms with Gasteiger partial charge in [-0.15, -0.1) is 0 Å². The summed E-state index contributed by atoms with van der Waals surface area (Å²) in [7, 11) is 3.11. The zero-order valence-electron chi connectivity index (χ0n) is 10.9. The van der Waals surface area contributed by atoms with Crippen LogP contribution in [-0.4, -0.2) is 31.5 Å². The fourth-order valence-corrected chi connectivity index (χ4v) is 2.09. The Balaban J connectivity index is 2.68. The molecule has 0 radical (unpaired) electrons. The van der Waals surface area contributed by atoms with Gasteiger partial charge in [0, 0.05) is 36.9 Å². The van der Waals surface area contributed by atoms with Gasteiger partial charge in [0.2, 0.25) is 0 Å². The first-order chi connectivity index (χ1) is 9.22. The summed E-state index contributed by atoms with van der Waals surface area (Å²) in [5, 5.41) is 0.759. The molecule has 0 fully saturated rings. The lowest BCUT2D eigenvalue weighted by molar-refractivity contribution is -0.105. The van der Waals surface area contributed by atoms with Gasteiger partial charge in [0.25, 0.3) is 0 Å². The van der Waals surface area contributed by atoms with Crippen molar-refractivity contribution in [1.82, 2.24) is 4.98 Å². The number of fused-ring (bicyclic) bond motifs is 1. The highest BCUT2D eigenvalue weighted by Gasteiger charge is 2.17. The number of pyridine rings is 1. The number of aromatic nitrogens is 1. The van der Waals surface area contributed by atoms with Crippen LogP contribution in [0.4, 0.5) is 0 Å². The maximum Gasteiger partial charge on any atom is 0.185 e. The Hall–Kier alpha value is -1.82. The van der Waals surface area contributed by atoms with E-state index in [0.717, 1.165) is 10.9 Å². The summed E-state index contributed by atoms with van der Waals surface area (Å²) in [6, 6.07) is 7.15. The average molecular weight is 260 g/mol. The largest absolute Gasteiger partial charge is 0.352 e. The predicted molar refractivity (Wildman–Crippen MR) is 71.9 cm³/mol. The summed E-state index contributed by atoms with van der Waals surface area (Å²) < 4.78 is 10.5. The topological polar surface area (TPSA) is 74.4 Å². The van der Waals surface area contributed by atoms with Gasteiger partial charge >= 0.3 is 0 Å². The van der Waals surface area contributed by atoms with Gasteiger partial charge in [-0.25, -0.2) is 0 Å². The Kier molecular flexibility index (Phi) is 4.21. The van der Waals surface area contributed by atoms with Crippen LogP contribution in [0.5, 0.6) is 0 Å². The number of benzene rings is 1. The molecule has 0 aliphatic rings. The van der Waals surface area contributed by atoms with Crippen LogP contribution in [0.1, 0.15) is 22.2 Å².